The van der Waals surface area contributed by atoms with Crippen LogP contribution in [0.5, 0.6) is 0 Å². The smallest absolute Gasteiger partial charge is 0 e. The van der Waals surface area contributed by atoms with Gasteiger partial charge in [-0.2, -0.15) is 0 Å². The molecule has 0 aliphatic rings. The molecule has 0 aliphatic carbocycles. The SMILES string of the molecule is [Co].[Cu].[Cu].[Ni]. The molecule has 0 aromatic rings. The molecule has 0 fully saturated rings. The van der Waals surface area contributed by atoms with Gasteiger partial charge in [-0.05, 0) is 0 Å². The molecule has 0 atom stereocenters. The Morgan fingerprint density at radius 1 is 0.750 bits per heavy atom. The monoisotopic (exact) mass is 243 g/mol. The first kappa shape index (κ1) is 36.9. The zero-order valence-corrected chi connectivity index (χ0v) is 5.16. The van der Waals surface area contributed by atoms with Gasteiger partial charge in [-0.3, -0.25) is 0 Å². The van der Waals surface area contributed by atoms with E-state index in [1.807, 2.05) is 0 Å². The van der Waals surface area contributed by atoms with Crippen molar-refractivity contribution >= 4 is 0 Å². The van der Waals surface area contributed by atoms with Crippen LogP contribution in [0.4, 0.5) is 0 Å². The molecule has 0 rings (SSSR count). The van der Waals surface area contributed by atoms with Crippen molar-refractivity contribution in [3.63, 3.8) is 0 Å². The van der Waals surface area contributed by atoms with Crippen LogP contribution in [0.15, 0.2) is 0 Å². The molecule has 0 amide bonds. The van der Waals surface area contributed by atoms with Crippen molar-refractivity contribution in [3.8, 4) is 0 Å². The predicted molar refractivity (Wildman–Crippen MR) is 0 cm³/mol. The van der Waals surface area contributed by atoms with Crippen molar-refractivity contribution in [2.75, 3.05) is 0 Å². The predicted octanol–water partition coefficient (Wildman–Crippen LogP) is -0.0100. The molecule has 0 N–H and O–H groups in total. The largest absolute Gasteiger partial charge is 0 e. The fraction of sp³-hybridized carbons (Fsp3) is 0. The van der Waals surface area contributed by atoms with Crippen LogP contribution in [-0.4, -0.2) is 0 Å². The second-order valence-electron chi connectivity index (χ2n) is 0. The van der Waals surface area contributed by atoms with E-state index >= 15 is 0 Å². The Bertz CT molecular complexity index is 6.00. The van der Waals surface area contributed by atoms with Gasteiger partial charge in [-0.1, -0.05) is 0 Å². The second-order valence-corrected chi connectivity index (χ2v) is 0. The van der Waals surface area contributed by atoms with Crippen molar-refractivity contribution < 1.29 is 67.4 Å². The molecular formula is CoCu2Ni. The van der Waals surface area contributed by atoms with E-state index < -0.39 is 0 Å². The first-order valence-electron chi connectivity index (χ1n) is 0. The van der Waals surface area contributed by atoms with Gasteiger partial charge in [-0.25, -0.2) is 0 Å². The van der Waals surface area contributed by atoms with Gasteiger partial charge in [0.2, 0.25) is 0 Å². The molecule has 4 heteroatoms. The Kier molecular flexibility index (Phi) is 182. The first-order valence-corrected chi connectivity index (χ1v) is 0. The summed E-state index contributed by atoms with van der Waals surface area (Å²) in [4.78, 5) is 0. The molecule has 41 valence electrons. The van der Waals surface area contributed by atoms with E-state index in [9.17, 15) is 0 Å². The average Bonchev–Trinajstić information content (AvgIpc) is 0. The third-order valence-corrected chi connectivity index (χ3v) is 0. The topological polar surface area (TPSA) is 0 Å². The summed E-state index contributed by atoms with van der Waals surface area (Å²) in [6.45, 7) is 0. The van der Waals surface area contributed by atoms with Gasteiger partial charge in [0.05, 0.1) is 0 Å². The maximum absolute atomic E-state index is 0. The van der Waals surface area contributed by atoms with Crippen LogP contribution in [0.2, 0.25) is 0 Å². The molecule has 0 nitrogen and oxygen atoms in total. The van der Waals surface area contributed by atoms with Crippen LogP contribution in [-0.2, 0) is 67.4 Å². The zero-order valence-electron chi connectivity index (χ0n) is 1.25. The maximum atomic E-state index is 0. The summed E-state index contributed by atoms with van der Waals surface area (Å²) < 4.78 is 0. The van der Waals surface area contributed by atoms with Gasteiger partial charge in [0.1, 0.15) is 0 Å². The standard InChI is InChI=1S/Co.2Cu.Ni. The minimum atomic E-state index is 0. The van der Waals surface area contributed by atoms with Crippen LogP contribution in [0.25, 0.3) is 0 Å². The molecule has 0 bridgehead atoms. The molecule has 0 saturated carbocycles. The first-order chi connectivity index (χ1) is 0. The Hall–Kier alpha value is 2.04. The molecule has 0 unspecified atom stereocenters. The van der Waals surface area contributed by atoms with Crippen molar-refractivity contribution in [1.29, 1.82) is 0 Å². The Balaban J connectivity index is 0. The molecule has 0 saturated heterocycles. The second kappa shape index (κ2) is 19.8. The minimum Gasteiger partial charge on any atom is 0 e. The van der Waals surface area contributed by atoms with E-state index in [1.54, 1.807) is 0 Å². The molecule has 4 heavy (non-hydrogen) atoms. The molecule has 0 spiro atoms. The Labute approximate surface area is 66.9 Å². The summed E-state index contributed by atoms with van der Waals surface area (Å²) in [6, 6.07) is 0. The third kappa shape index (κ3) is 8.97. The third-order valence-electron chi connectivity index (χ3n) is 0. The minimum absolute atomic E-state index is 0. The van der Waals surface area contributed by atoms with Gasteiger partial charge >= 0.3 is 0 Å². The zero-order chi connectivity index (χ0) is 0. The Morgan fingerprint density at radius 2 is 0.750 bits per heavy atom. The van der Waals surface area contributed by atoms with Crippen LogP contribution in [0.3, 0.4) is 0 Å². The quantitative estimate of drug-likeness (QED) is 0.526. The number of hydrogen-bond acceptors (Lipinski definition) is 0. The summed E-state index contributed by atoms with van der Waals surface area (Å²) >= 11 is 0. The van der Waals surface area contributed by atoms with Crippen LogP contribution < -0.4 is 0 Å². The van der Waals surface area contributed by atoms with Crippen LogP contribution in [0, 0.1) is 0 Å². The molecule has 0 heterocycles. The fourth-order valence-electron chi connectivity index (χ4n) is 0. The van der Waals surface area contributed by atoms with Crippen LogP contribution >= 0.6 is 0 Å². The number of rotatable bonds is 0. The van der Waals surface area contributed by atoms with Gasteiger partial charge in [0, 0.05) is 67.4 Å². The molecule has 0 aromatic carbocycles. The van der Waals surface area contributed by atoms with Gasteiger partial charge in [-0.15, -0.1) is 0 Å². The molecule has 0 aromatic heterocycles. The van der Waals surface area contributed by atoms with E-state index in [-0.39, 0.29) is 67.4 Å². The number of hydrogen-bond donors (Lipinski definition) is 0. The fourth-order valence-corrected chi connectivity index (χ4v) is 0. The summed E-state index contributed by atoms with van der Waals surface area (Å²) in [5.41, 5.74) is 0. The summed E-state index contributed by atoms with van der Waals surface area (Å²) in [5, 5.41) is 0. The summed E-state index contributed by atoms with van der Waals surface area (Å²) in [6.07, 6.45) is 0. The van der Waals surface area contributed by atoms with Crippen molar-refractivity contribution in [1.82, 2.24) is 0 Å². The van der Waals surface area contributed by atoms with Gasteiger partial charge < -0.3 is 0 Å². The van der Waals surface area contributed by atoms with Gasteiger partial charge in [0.25, 0.3) is 0 Å². The normalized spacial score (nSPS) is 0. The summed E-state index contributed by atoms with van der Waals surface area (Å²) in [5.74, 6) is 0. The van der Waals surface area contributed by atoms with Crippen LogP contribution in [0.1, 0.15) is 0 Å². The van der Waals surface area contributed by atoms with E-state index in [0.29, 0.717) is 0 Å². The van der Waals surface area contributed by atoms with E-state index in [1.165, 1.54) is 0 Å². The van der Waals surface area contributed by atoms with E-state index in [4.69, 9.17) is 0 Å². The Morgan fingerprint density at radius 3 is 0.750 bits per heavy atom. The van der Waals surface area contributed by atoms with Crippen molar-refractivity contribution in [3.05, 3.63) is 0 Å². The average molecular weight is 245 g/mol. The molecule has 0 aliphatic heterocycles. The van der Waals surface area contributed by atoms with Gasteiger partial charge in [0.15, 0.2) is 0 Å². The summed E-state index contributed by atoms with van der Waals surface area (Å²) in [7, 11) is 0. The molecule has 3 radical (unpaired) electrons. The van der Waals surface area contributed by atoms with Crippen molar-refractivity contribution in [2.24, 2.45) is 0 Å². The van der Waals surface area contributed by atoms with Crippen molar-refractivity contribution in [2.45, 2.75) is 0 Å². The maximum Gasteiger partial charge on any atom is 0 e. The molecular weight excluding hydrogens is 245 g/mol. The van der Waals surface area contributed by atoms with E-state index in [0.717, 1.165) is 0 Å². The van der Waals surface area contributed by atoms with E-state index in [2.05, 4.69) is 0 Å².